The molecule has 1 saturated carbocycles. The largest absolute Gasteiger partial charge is 0.573 e. The summed E-state index contributed by atoms with van der Waals surface area (Å²) in [6.07, 6.45) is -2.18. The van der Waals surface area contributed by atoms with Gasteiger partial charge in [-0.05, 0) is 61.1 Å². The summed E-state index contributed by atoms with van der Waals surface area (Å²) < 4.78 is 46.5. The summed E-state index contributed by atoms with van der Waals surface area (Å²) in [4.78, 5) is 12.8. The van der Waals surface area contributed by atoms with E-state index in [2.05, 4.69) is 10.1 Å². The van der Waals surface area contributed by atoms with E-state index in [4.69, 9.17) is 16.3 Å². The van der Waals surface area contributed by atoms with Crippen molar-refractivity contribution in [3.05, 3.63) is 58.8 Å². The Labute approximate surface area is 187 Å². The van der Waals surface area contributed by atoms with Crippen LogP contribution in [0.25, 0.3) is 16.7 Å². The van der Waals surface area contributed by atoms with Crippen LogP contribution in [0.1, 0.15) is 31.2 Å². The maximum absolute atomic E-state index is 12.8. The Morgan fingerprint density at radius 3 is 2.31 bits per heavy atom. The van der Waals surface area contributed by atoms with Gasteiger partial charge in [0.2, 0.25) is 0 Å². The van der Waals surface area contributed by atoms with Gasteiger partial charge in [-0.15, -0.1) is 13.2 Å². The zero-order valence-electron chi connectivity index (χ0n) is 17.1. The first kappa shape index (κ1) is 22.5. The summed E-state index contributed by atoms with van der Waals surface area (Å²) in [5.41, 5.74) is 0.869. The highest BCUT2D eigenvalue weighted by Gasteiger charge is 2.48. The predicted octanol–water partition coefficient (Wildman–Crippen LogP) is 5.63. The number of carbonyl (C=O) groups excluding carboxylic acids is 1. The molecule has 2 aliphatic rings. The molecule has 32 heavy (non-hydrogen) atoms. The molecule has 1 amide bonds. The van der Waals surface area contributed by atoms with Gasteiger partial charge in [-0.3, -0.25) is 4.79 Å². The second kappa shape index (κ2) is 8.33. The van der Waals surface area contributed by atoms with Gasteiger partial charge in [0.25, 0.3) is 5.91 Å². The van der Waals surface area contributed by atoms with E-state index in [1.165, 1.54) is 24.3 Å². The molecule has 0 atom stereocenters. The number of hydrogen-bond acceptors (Lipinski definition) is 4. The molecular formula is C23H21ClF3NO4. The molecule has 0 unspecified atom stereocenters. The molecule has 1 aliphatic heterocycles. The van der Waals surface area contributed by atoms with E-state index in [-0.39, 0.29) is 28.2 Å². The highest BCUT2D eigenvalue weighted by molar-refractivity contribution is 6.35. The van der Waals surface area contributed by atoms with Crippen molar-refractivity contribution in [2.75, 3.05) is 7.11 Å². The van der Waals surface area contributed by atoms with E-state index < -0.39 is 17.8 Å². The molecular weight excluding hydrogens is 447 g/mol. The molecule has 1 aliphatic carbocycles. The Morgan fingerprint density at radius 1 is 1.09 bits per heavy atom. The van der Waals surface area contributed by atoms with Crippen LogP contribution in [0.5, 0.6) is 5.75 Å². The minimum absolute atomic E-state index is 0.0370. The number of rotatable bonds is 4. The lowest BCUT2D eigenvalue weighted by Crippen LogP contribution is -2.48. The normalized spacial score (nSPS) is 23.5. The number of benzene rings is 2. The maximum atomic E-state index is 12.8. The number of methoxy groups -OCH3 is 1. The lowest BCUT2D eigenvalue weighted by Gasteiger charge is -2.36. The van der Waals surface area contributed by atoms with Gasteiger partial charge in [-0.1, -0.05) is 29.8 Å². The molecule has 2 N–H and O–H groups in total. The fourth-order valence-corrected chi connectivity index (χ4v) is 4.57. The fourth-order valence-electron chi connectivity index (χ4n) is 4.36. The van der Waals surface area contributed by atoms with Gasteiger partial charge in [0.15, 0.2) is 0 Å². The van der Waals surface area contributed by atoms with Crippen molar-refractivity contribution in [1.82, 2.24) is 5.32 Å². The van der Waals surface area contributed by atoms with Crippen LogP contribution in [0.2, 0.25) is 5.02 Å². The molecule has 0 saturated heterocycles. The first-order valence-electron chi connectivity index (χ1n) is 10.1. The number of nitrogens with one attached hydrogen (secondary N) is 1. The average Bonchev–Trinajstić information content (AvgIpc) is 2.98. The van der Waals surface area contributed by atoms with Crippen LogP contribution in [0, 0.1) is 0 Å². The summed E-state index contributed by atoms with van der Waals surface area (Å²) in [5.74, 6) is -0.782. The summed E-state index contributed by atoms with van der Waals surface area (Å²) in [7, 11) is 1.64. The first-order chi connectivity index (χ1) is 15.1. The van der Waals surface area contributed by atoms with Gasteiger partial charge in [0, 0.05) is 17.7 Å². The number of alkyl halides is 3. The molecule has 0 radical (unpaired) electrons. The molecule has 0 bridgehead atoms. The average molecular weight is 468 g/mol. The summed E-state index contributed by atoms with van der Waals surface area (Å²) in [5, 5.41) is 14.3. The monoisotopic (exact) mass is 467 g/mol. The Balaban J connectivity index is 1.66. The van der Waals surface area contributed by atoms with Crippen molar-refractivity contribution in [1.29, 1.82) is 0 Å². The van der Waals surface area contributed by atoms with Gasteiger partial charge >= 0.3 is 6.36 Å². The van der Waals surface area contributed by atoms with Gasteiger partial charge < -0.3 is 19.9 Å². The number of ether oxygens (including phenoxy) is 2. The molecule has 1 fully saturated rings. The van der Waals surface area contributed by atoms with Crippen molar-refractivity contribution in [2.45, 2.75) is 43.7 Å². The lowest BCUT2D eigenvalue weighted by atomic mass is 9.79. The van der Waals surface area contributed by atoms with E-state index in [1.807, 2.05) is 0 Å². The molecule has 170 valence electrons. The predicted molar refractivity (Wildman–Crippen MR) is 113 cm³/mol. The van der Waals surface area contributed by atoms with Crippen LogP contribution in [-0.2, 0) is 9.53 Å². The lowest BCUT2D eigenvalue weighted by molar-refractivity contribution is -0.274. The molecule has 9 heteroatoms. The van der Waals surface area contributed by atoms with Crippen LogP contribution in [0.3, 0.4) is 0 Å². The van der Waals surface area contributed by atoms with Gasteiger partial charge in [0.1, 0.15) is 11.5 Å². The second-order valence-electron chi connectivity index (χ2n) is 7.96. The van der Waals surface area contributed by atoms with Crippen molar-refractivity contribution in [3.8, 4) is 16.9 Å². The van der Waals surface area contributed by atoms with Crippen LogP contribution < -0.4 is 10.1 Å². The maximum Gasteiger partial charge on any atom is 0.573 e. The number of amides is 1. The fraction of sp³-hybridized carbons (Fsp3) is 0.348. The standard InChI is InChI=1S/C23H21ClF3NO4/c1-31-15-8-10-22(11-9-15)20(29)19(21(30)28-22)17-12-14(4-7-18(17)24)13-2-5-16(6-3-13)32-23(25,26)27/h2-7,12,15,29H,8-11H2,1H3,(H,28,30). The number of carbonyl (C=O) groups is 1. The minimum atomic E-state index is -4.77. The van der Waals surface area contributed by atoms with Crippen LogP contribution in [0.15, 0.2) is 48.2 Å². The minimum Gasteiger partial charge on any atom is -0.509 e. The summed E-state index contributed by atoms with van der Waals surface area (Å²) in [6, 6.07) is 10.3. The molecule has 0 aromatic heterocycles. The Hall–Kier alpha value is -2.71. The zero-order chi connectivity index (χ0) is 23.1. The Morgan fingerprint density at radius 2 is 1.72 bits per heavy atom. The molecule has 2 aromatic carbocycles. The highest BCUT2D eigenvalue weighted by Crippen LogP contribution is 2.43. The highest BCUT2D eigenvalue weighted by atomic mass is 35.5. The van der Waals surface area contributed by atoms with Crippen molar-refractivity contribution < 1.29 is 32.5 Å². The van der Waals surface area contributed by atoms with Gasteiger partial charge in [0.05, 0.1) is 17.2 Å². The number of aliphatic hydroxyl groups excluding tert-OH is 1. The van der Waals surface area contributed by atoms with E-state index >= 15 is 0 Å². The van der Waals surface area contributed by atoms with Crippen molar-refractivity contribution >= 4 is 23.1 Å². The van der Waals surface area contributed by atoms with E-state index in [1.54, 1.807) is 25.3 Å². The van der Waals surface area contributed by atoms with E-state index in [0.717, 1.165) is 0 Å². The molecule has 5 nitrogen and oxygen atoms in total. The quantitative estimate of drug-likeness (QED) is 0.611. The number of aliphatic hydroxyl groups is 1. The van der Waals surface area contributed by atoms with E-state index in [9.17, 15) is 23.1 Å². The number of hydrogen-bond donors (Lipinski definition) is 2. The molecule has 1 spiro atoms. The molecule has 2 aromatic rings. The Kier molecular flexibility index (Phi) is 5.85. The van der Waals surface area contributed by atoms with Gasteiger partial charge in [-0.2, -0.15) is 0 Å². The molecule has 1 heterocycles. The third-order valence-electron chi connectivity index (χ3n) is 6.05. The SMILES string of the molecule is COC1CCC2(CC1)NC(=O)C(c1cc(-c3ccc(OC(F)(F)F)cc3)ccc1Cl)=C2O. The van der Waals surface area contributed by atoms with Crippen molar-refractivity contribution in [3.63, 3.8) is 0 Å². The van der Waals surface area contributed by atoms with E-state index in [0.29, 0.717) is 42.4 Å². The first-order valence-corrected chi connectivity index (χ1v) is 10.4. The zero-order valence-corrected chi connectivity index (χ0v) is 17.9. The third-order valence-corrected chi connectivity index (χ3v) is 6.38. The Bertz CT molecular complexity index is 1060. The van der Waals surface area contributed by atoms with Gasteiger partial charge in [-0.25, -0.2) is 0 Å². The van der Waals surface area contributed by atoms with Crippen LogP contribution >= 0.6 is 11.6 Å². The van der Waals surface area contributed by atoms with Crippen molar-refractivity contribution in [2.24, 2.45) is 0 Å². The third kappa shape index (κ3) is 4.29. The van der Waals surface area contributed by atoms with Crippen LogP contribution in [0.4, 0.5) is 13.2 Å². The summed E-state index contributed by atoms with van der Waals surface area (Å²) >= 11 is 6.37. The smallest absolute Gasteiger partial charge is 0.509 e. The number of halogens is 4. The second-order valence-corrected chi connectivity index (χ2v) is 8.37. The van der Waals surface area contributed by atoms with Crippen LogP contribution in [-0.4, -0.2) is 36.1 Å². The molecule has 4 rings (SSSR count). The summed E-state index contributed by atoms with van der Waals surface area (Å²) in [6.45, 7) is 0. The topological polar surface area (TPSA) is 67.8 Å².